The van der Waals surface area contributed by atoms with Crippen LogP contribution in [0.2, 0.25) is 0 Å². The zero-order valence-electron chi connectivity index (χ0n) is 18.2. The molecule has 1 aliphatic carbocycles. The minimum Gasteiger partial charge on any atom is -0.452 e. The van der Waals surface area contributed by atoms with Crippen LogP contribution in [-0.2, 0) is 14.3 Å². The van der Waals surface area contributed by atoms with Crippen molar-refractivity contribution in [3.8, 4) is 0 Å². The van der Waals surface area contributed by atoms with Crippen molar-refractivity contribution in [2.75, 3.05) is 6.61 Å². The number of ether oxygens (including phenoxy) is 1. The van der Waals surface area contributed by atoms with Crippen molar-refractivity contribution in [1.29, 1.82) is 0 Å². The number of esters is 1. The second-order valence-electron chi connectivity index (χ2n) is 8.70. The van der Waals surface area contributed by atoms with E-state index in [0.717, 1.165) is 24.2 Å². The molecule has 1 saturated carbocycles. The van der Waals surface area contributed by atoms with Crippen LogP contribution in [0.1, 0.15) is 74.2 Å². The van der Waals surface area contributed by atoms with Crippen LogP contribution < -0.4 is 10.7 Å². The van der Waals surface area contributed by atoms with E-state index in [2.05, 4.69) is 17.7 Å². The third-order valence-corrected chi connectivity index (χ3v) is 6.08. The van der Waals surface area contributed by atoms with Crippen LogP contribution in [0.3, 0.4) is 0 Å². The van der Waals surface area contributed by atoms with E-state index in [-0.39, 0.29) is 6.04 Å². The minimum absolute atomic E-state index is 0.185. The molecule has 1 saturated heterocycles. The van der Waals surface area contributed by atoms with E-state index in [1.807, 2.05) is 32.3 Å². The number of carbonyl (C=O) groups excluding carboxylic acids is 4. The van der Waals surface area contributed by atoms with Gasteiger partial charge in [-0.3, -0.25) is 15.0 Å². The summed E-state index contributed by atoms with van der Waals surface area (Å²) in [5, 5.41) is 3.43. The van der Waals surface area contributed by atoms with Gasteiger partial charge in [0.25, 0.3) is 11.8 Å². The third kappa shape index (κ3) is 3.93. The Morgan fingerprint density at radius 3 is 2.47 bits per heavy atom. The Labute approximate surface area is 176 Å². The van der Waals surface area contributed by atoms with Gasteiger partial charge in [0.15, 0.2) is 6.61 Å². The lowest BCUT2D eigenvalue weighted by molar-refractivity contribution is -0.141. The molecule has 9 nitrogen and oxygen atoms in total. The first-order valence-electron chi connectivity index (χ1n) is 10.4. The molecular weight excluding hydrogens is 388 g/mol. The average molecular weight is 418 g/mol. The van der Waals surface area contributed by atoms with E-state index in [0.29, 0.717) is 29.3 Å². The summed E-state index contributed by atoms with van der Waals surface area (Å²) in [5.41, 5.74) is 3.39. The number of imide groups is 1. The zero-order valence-corrected chi connectivity index (χ0v) is 18.2. The number of urea groups is 1. The third-order valence-electron chi connectivity index (χ3n) is 6.08. The maximum absolute atomic E-state index is 12.8. The number of rotatable bonds is 5. The van der Waals surface area contributed by atoms with Crippen LogP contribution in [0.15, 0.2) is 6.07 Å². The SMILES string of the molecule is Cc1cc(C(=O)OCC(=O)NN2C(=O)NC3(CCC(C)CC3)C2=O)c(C)n1C(C)C. The molecule has 30 heavy (non-hydrogen) atoms. The predicted molar refractivity (Wildman–Crippen MR) is 108 cm³/mol. The molecule has 2 aliphatic rings. The summed E-state index contributed by atoms with van der Waals surface area (Å²) in [7, 11) is 0. The first kappa shape index (κ1) is 21.9. The van der Waals surface area contributed by atoms with Gasteiger partial charge in [-0.1, -0.05) is 6.92 Å². The molecule has 0 unspecified atom stereocenters. The van der Waals surface area contributed by atoms with Crippen molar-refractivity contribution in [2.24, 2.45) is 5.92 Å². The van der Waals surface area contributed by atoms with Crippen LogP contribution >= 0.6 is 0 Å². The molecule has 0 radical (unpaired) electrons. The molecule has 2 N–H and O–H groups in total. The number of aromatic nitrogens is 1. The topological polar surface area (TPSA) is 110 Å². The van der Waals surface area contributed by atoms with E-state index < -0.39 is 36.0 Å². The van der Waals surface area contributed by atoms with E-state index in [1.54, 1.807) is 6.07 Å². The summed E-state index contributed by atoms with van der Waals surface area (Å²) in [6, 6.07) is 1.25. The second kappa shape index (κ2) is 8.12. The molecule has 0 aromatic carbocycles. The number of nitrogens with zero attached hydrogens (tertiary/aromatic N) is 2. The largest absolute Gasteiger partial charge is 0.452 e. The highest BCUT2D eigenvalue weighted by molar-refractivity contribution is 6.08. The summed E-state index contributed by atoms with van der Waals surface area (Å²) < 4.78 is 7.12. The van der Waals surface area contributed by atoms with Crippen LogP contribution in [0, 0.1) is 19.8 Å². The first-order chi connectivity index (χ1) is 14.1. The fraction of sp³-hybridized carbons (Fsp3) is 0.619. The van der Waals surface area contributed by atoms with Gasteiger partial charge in [-0.05, 0) is 65.4 Å². The molecular formula is C21H30N4O5. The number of hydrogen-bond donors (Lipinski definition) is 2. The number of aryl methyl sites for hydroxylation is 1. The number of nitrogens with one attached hydrogen (secondary N) is 2. The van der Waals surface area contributed by atoms with Gasteiger partial charge >= 0.3 is 12.0 Å². The molecule has 1 aromatic rings. The number of hydrazine groups is 1. The summed E-state index contributed by atoms with van der Waals surface area (Å²) in [5.74, 6) is -1.33. The number of hydrogen-bond acceptors (Lipinski definition) is 5. The molecule has 0 atom stereocenters. The van der Waals surface area contributed by atoms with Crippen molar-refractivity contribution in [3.05, 3.63) is 23.0 Å². The number of amides is 4. The van der Waals surface area contributed by atoms with Crippen LogP contribution in [0.25, 0.3) is 0 Å². The van der Waals surface area contributed by atoms with Gasteiger partial charge in [0, 0.05) is 17.4 Å². The Hall–Kier alpha value is -2.84. The zero-order chi connectivity index (χ0) is 22.2. The molecule has 1 aliphatic heterocycles. The minimum atomic E-state index is -0.943. The fourth-order valence-electron chi connectivity index (χ4n) is 4.46. The molecule has 2 heterocycles. The maximum Gasteiger partial charge on any atom is 0.344 e. The van der Waals surface area contributed by atoms with Crippen LogP contribution in [0.5, 0.6) is 0 Å². The highest BCUT2D eigenvalue weighted by Crippen LogP contribution is 2.35. The van der Waals surface area contributed by atoms with Gasteiger partial charge in [-0.25, -0.2) is 9.59 Å². The van der Waals surface area contributed by atoms with Crippen LogP contribution in [0.4, 0.5) is 4.79 Å². The van der Waals surface area contributed by atoms with Gasteiger partial charge in [0.1, 0.15) is 5.54 Å². The molecule has 4 amide bonds. The molecule has 3 rings (SSSR count). The molecule has 1 spiro atoms. The summed E-state index contributed by atoms with van der Waals surface area (Å²) in [6.07, 6.45) is 2.76. The smallest absolute Gasteiger partial charge is 0.344 e. The summed E-state index contributed by atoms with van der Waals surface area (Å²) >= 11 is 0. The van der Waals surface area contributed by atoms with Crippen molar-refractivity contribution in [3.63, 3.8) is 0 Å². The Morgan fingerprint density at radius 1 is 1.27 bits per heavy atom. The average Bonchev–Trinajstić information content (AvgIpc) is 3.10. The Balaban J connectivity index is 1.59. The molecule has 9 heteroatoms. The lowest BCUT2D eigenvalue weighted by Crippen LogP contribution is -2.52. The lowest BCUT2D eigenvalue weighted by Gasteiger charge is -2.33. The first-order valence-corrected chi connectivity index (χ1v) is 10.4. The Morgan fingerprint density at radius 2 is 1.90 bits per heavy atom. The van der Waals surface area contributed by atoms with Crippen molar-refractivity contribution in [1.82, 2.24) is 20.3 Å². The van der Waals surface area contributed by atoms with E-state index >= 15 is 0 Å². The quantitative estimate of drug-likeness (QED) is 0.564. The molecule has 1 aromatic heterocycles. The Kier molecular flexibility index (Phi) is 5.92. The van der Waals surface area contributed by atoms with E-state index in [9.17, 15) is 19.2 Å². The van der Waals surface area contributed by atoms with Gasteiger partial charge in [-0.15, -0.1) is 0 Å². The van der Waals surface area contributed by atoms with Crippen LogP contribution in [-0.4, -0.2) is 45.5 Å². The maximum atomic E-state index is 12.8. The summed E-state index contributed by atoms with van der Waals surface area (Å²) in [4.78, 5) is 49.7. The van der Waals surface area contributed by atoms with Gasteiger partial charge in [-0.2, -0.15) is 5.01 Å². The van der Waals surface area contributed by atoms with Gasteiger partial charge in [0.05, 0.1) is 5.56 Å². The lowest BCUT2D eigenvalue weighted by atomic mass is 9.77. The van der Waals surface area contributed by atoms with E-state index in [4.69, 9.17) is 4.74 Å². The predicted octanol–water partition coefficient (Wildman–Crippen LogP) is 2.37. The molecule has 0 bridgehead atoms. The highest BCUT2D eigenvalue weighted by atomic mass is 16.5. The normalized spacial score (nSPS) is 23.8. The molecule has 2 fully saturated rings. The Bertz CT molecular complexity index is 880. The van der Waals surface area contributed by atoms with Crippen molar-refractivity contribution < 1.29 is 23.9 Å². The van der Waals surface area contributed by atoms with Crippen molar-refractivity contribution in [2.45, 2.75) is 71.9 Å². The standard InChI is InChI=1S/C21H30N4O5/c1-12(2)24-14(4)10-16(15(24)5)18(27)30-11-17(26)23-25-19(28)21(22-20(25)29)8-6-13(3)7-9-21/h10,12-13H,6-9,11H2,1-5H3,(H,22,29)(H,23,26). The monoisotopic (exact) mass is 418 g/mol. The second-order valence-corrected chi connectivity index (χ2v) is 8.70. The highest BCUT2D eigenvalue weighted by Gasteiger charge is 2.52. The van der Waals surface area contributed by atoms with Gasteiger partial charge < -0.3 is 14.6 Å². The summed E-state index contributed by atoms with van der Waals surface area (Å²) in [6.45, 7) is 9.27. The van der Waals surface area contributed by atoms with Crippen molar-refractivity contribution >= 4 is 23.8 Å². The number of carbonyl (C=O) groups is 4. The van der Waals surface area contributed by atoms with Gasteiger partial charge in [0.2, 0.25) is 0 Å². The fourth-order valence-corrected chi connectivity index (χ4v) is 4.46. The van der Waals surface area contributed by atoms with E-state index in [1.165, 1.54) is 0 Å². The molecule has 164 valence electrons.